The third-order valence-electron chi connectivity index (χ3n) is 9.51. The molecule has 1 aliphatic heterocycles. The first-order chi connectivity index (χ1) is 17.6. The second-order valence-electron chi connectivity index (χ2n) is 11.4. The van der Waals surface area contributed by atoms with Crippen LogP contribution in [0.5, 0.6) is 0 Å². The average molecular weight is 482 g/mol. The number of hydrogen-bond acceptors (Lipinski definition) is 4. The zero-order valence-electron chi connectivity index (χ0n) is 20.3. The number of likely N-dealkylation sites (tertiary alicyclic amines) is 1. The van der Waals surface area contributed by atoms with Crippen LogP contribution >= 0.6 is 0 Å². The molecule has 3 saturated carbocycles. The van der Waals surface area contributed by atoms with E-state index >= 15 is 0 Å². The van der Waals surface area contributed by atoms with Crippen molar-refractivity contribution in [2.75, 3.05) is 5.32 Å². The van der Waals surface area contributed by atoms with Crippen molar-refractivity contribution in [1.29, 1.82) is 0 Å². The van der Waals surface area contributed by atoms with Crippen molar-refractivity contribution in [2.24, 2.45) is 41.4 Å². The number of carbonyl (C=O) groups excluding carboxylic acids is 3. The van der Waals surface area contributed by atoms with Gasteiger partial charge >= 0.3 is 0 Å². The maximum Gasteiger partial charge on any atom is 0.233 e. The first-order valence-corrected chi connectivity index (χ1v) is 13.4. The third-order valence-corrected chi connectivity index (χ3v) is 9.51. The number of nitrogens with zero attached hydrogens (tertiary/aromatic N) is 2. The summed E-state index contributed by atoms with van der Waals surface area (Å²) in [6, 6.07) is 12.0. The summed E-state index contributed by atoms with van der Waals surface area (Å²) in [4.78, 5) is 45.4. The second kappa shape index (κ2) is 8.39. The topological polar surface area (TPSA) is 79.4 Å². The highest BCUT2D eigenvalue weighted by Gasteiger charge is 2.67. The normalized spacial score (nSPS) is 35.9. The van der Waals surface area contributed by atoms with Crippen LogP contribution in [0.15, 0.2) is 60.9 Å². The van der Waals surface area contributed by atoms with Crippen molar-refractivity contribution in [2.45, 2.75) is 44.6 Å². The molecule has 0 unspecified atom stereocenters. The van der Waals surface area contributed by atoms with Gasteiger partial charge in [-0.3, -0.25) is 24.3 Å². The summed E-state index contributed by atoms with van der Waals surface area (Å²) in [5.74, 6) is 1.61. The summed E-state index contributed by atoms with van der Waals surface area (Å²) in [5, 5.41) is 3.07. The highest BCUT2D eigenvalue weighted by atomic mass is 16.2. The van der Waals surface area contributed by atoms with E-state index in [0.29, 0.717) is 24.7 Å². The van der Waals surface area contributed by atoms with Gasteiger partial charge < -0.3 is 5.32 Å². The lowest BCUT2D eigenvalue weighted by atomic mass is 9.63. The predicted octanol–water partition coefficient (Wildman–Crippen LogP) is 4.22. The average Bonchev–Trinajstić information content (AvgIpc) is 3.69. The van der Waals surface area contributed by atoms with Crippen LogP contribution in [0, 0.1) is 41.4 Å². The van der Waals surface area contributed by atoms with Gasteiger partial charge in [-0.2, -0.15) is 0 Å². The van der Waals surface area contributed by atoms with Gasteiger partial charge in [0.15, 0.2) is 0 Å². The van der Waals surface area contributed by atoms with Gasteiger partial charge in [0.25, 0.3) is 0 Å². The maximum absolute atomic E-state index is 13.4. The number of benzene rings is 1. The van der Waals surface area contributed by atoms with E-state index in [9.17, 15) is 14.4 Å². The first kappa shape index (κ1) is 22.0. The molecular formula is C30H31N3O3. The van der Waals surface area contributed by atoms with Gasteiger partial charge in [0.2, 0.25) is 17.7 Å². The van der Waals surface area contributed by atoms with Crippen molar-refractivity contribution in [3.8, 4) is 0 Å². The van der Waals surface area contributed by atoms with E-state index in [1.807, 2.05) is 36.4 Å². The second-order valence-corrected chi connectivity index (χ2v) is 11.4. The number of rotatable bonds is 5. The van der Waals surface area contributed by atoms with Crippen LogP contribution in [0.3, 0.4) is 0 Å². The number of aromatic nitrogens is 1. The van der Waals surface area contributed by atoms with Crippen LogP contribution in [0.1, 0.15) is 43.2 Å². The van der Waals surface area contributed by atoms with Gasteiger partial charge in [0, 0.05) is 30.0 Å². The maximum atomic E-state index is 13.4. The zero-order chi connectivity index (χ0) is 24.4. The number of nitrogens with one attached hydrogen (secondary N) is 1. The standard InChI is InChI=1S/C30H31N3O3/c34-28(32-20-5-1-17(2-6-20)15-18-11-13-31-14-12-18)19-3-7-21(8-4-19)33-29(35)26-22-9-10-23(25-16-24(22)25)27(26)30(33)36/h1-2,5-6,9-14,19,21-27H,3-4,7-8,15-16H2,(H,32,34)/t19?,21?,22-,23-,24-,25-,26-,27+/m0/s1. The Kier molecular flexibility index (Phi) is 5.12. The molecule has 2 aromatic rings. The van der Waals surface area contributed by atoms with Crippen molar-refractivity contribution in [1.82, 2.24) is 9.88 Å². The SMILES string of the molecule is O=C(Nc1ccc(Cc2ccncc2)cc1)C1CCC(N2C(=O)[C@@H]3[C@H]4C=C[C@@H]([C@@H]5C[C@@H]45)[C@@H]3C2=O)CC1. The van der Waals surface area contributed by atoms with Crippen molar-refractivity contribution < 1.29 is 14.4 Å². The Morgan fingerprint density at radius 3 is 2.03 bits per heavy atom. The molecule has 2 heterocycles. The molecule has 1 aromatic heterocycles. The number of anilines is 1. The Balaban J connectivity index is 0.950. The van der Waals surface area contributed by atoms with E-state index in [0.717, 1.165) is 24.9 Å². The summed E-state index contributed by atoms with van der Waals surface area (Å²) in [7, 11) is 0. The smallest absolute Gasteiger partial charge is 0.233 e. The molecule has 4 fully saturated rings. The predicted molar refractivity (Wildman–Crippen MR) is 134 cm³/mol. The van der Waals surface area contributed by atoms with Gasteiger partial charge in [-0.15, -0.1) is 0 Å². The van der Waals surface area contributed by atoms with Crippen LogP contribution in [0.2, 0.25) is 0 Å². The van der Waals surface area contributed by atoms with Gasteiger partial charge in [0.05, 0.1) is 11.8 Å². The van der Waals surface area contributed by atoms with Crippen molar-refractivity contribution in [3.63, 3.8) is 0 Å². The van der Waals surface area contributed by atoms with E-state index < -0.39 is 0 Å². The monoisotopic (exact) mass is 481 g/mol. The fourth-order valence-electron chi connectivity index (χ4n) is 7.62. The molecule has 1 saturated heterocycles. The highest BCUT2D eigenvalue weighted by molar-refractivity contribution is 6.06. The summed E-state index contributed by atoms with van der Waals surface area (Å²) >= 11 is 0. The fraction of sp³-hybridized carbons (Fsp3) is 0.467. The lowest BCUT2D eigenvalue weighted by Gasteiger charge is -2.37. The van der Waals surface area contributed by atoms with Gasteiger partial charge in [0.1, 0.15) is 0 Å². The molecule has 36 heavy (non-hydrogen) atoms. The van der Waals surface area contributed by atoms with Gasteiger partial charge in [-0.05, 0) is 97.6 Å². The molecular weight excluding hydrogens is 450 g/mol. The highest BCUT2D eigenvalue weighted by Crippen LogP contribution is 2.65. The van der Waals surface area contributed by atoms with Crippen LogP contribution in [-0.2, 0) is 20.8 Å². The molecule has 6 heteroatoms. The van der Waals surface area contributed by atoms with Crippen molar-refractivity contribution >= 4 is 23.4 Å². The van der Waals surface area contributed by atoms with E-state index in [4.69, 9.17) is 0 Å². The number of allylic oxidation sites excluding steroid dienone is 2. The van der Waals surface area contributed by atoms with Crippen LogP contribution in [-0.4, -0.2) is 33.6 Å². The summed E-state index contributed by atoms with van der Waals surface area (Å²) < 4.78 is 0. The number of pyridine rings is 1. The number of amides is 3. The first-order valence-electron chi connectivity index (χ1n) is 13.4. The molecule has 8 rings (SSSR count). The largest absolute Gasteiger partial charge is 0.326 e. The summed E-state index contributed by atoms with van der Waals surface area (Å²) in [6.07, 6.45) is 12.9. The molecule has 3 amide bonds. The molecule has 6 nitrogen and oxygen atoms in total. The Labute approximate surface area is 211 Å². The summed E-state index contributed by atoms with van der Waals surface area (Å²) in [5.41, 5.74) is 3.19. The molecule has 6 atom stereocenters. The Morgan fingerprint density at radius 2 is 1.42 bits per heavy atom. The quantitative estimate of drug-likeness (QED) is 0.512. The lowest BCUT2D eigenvalue weighted by molar-refractivity contribution is -0.144. The lowest BCUT2D eigenvalue weighted by Crippen LogP contribution is -2.44. The molecule has 2 bridgehead atoms. The van der Waals surface area contributed by atoms with E-state index in [-0.39, 0.29) is 53.4 Å². The third kappa shape index (κ3) is 3.53. The Morgan fingerprint density at radius 1 is 0.833 bits per heavy atom. The minimum Gasteiger partial charge on any atom is -0.326 e. The van der Waals surface area contributed by atoms with Crippen LogP contribution < -0.4 is 5.32 Å². The molecule has 5 aliphatic carbocycles. The minimum absolute atomic E-state index is 0.0328. The van der Waals surface area contributed by atoms with Crippen LogP contribution in [0.4, 0.5) is 5.69 Å². The Bertz CT molecular complexity index is 1200. The molecule has 1 aromatic carbocycles. The molecule has 184 valence electrons. The molecule has 6 aliphatic rings. The molecule has 0 radical (unpaired) electrons. The van der Waals surface area contributed by atoms with E-state index in [2.05, 4.69) is 22.5 Å². The number of hydrogen-bond donors (Lipinski definition) is 1. The van der Waals surface area contributed by atoms with Crippen LogP contribution in [0.25, 0.3) is 0 Å². The zero-order valence-corrected chi connectivity index (χ0v) is 20.3. The number of carbonyl (C=O) groups is 3. The minimum atomic E-state index is -0.126. The molecule has 0 spiro atoms. The van der Waals surface area contributed by atoms with Gasteiger partial charge in [-0.1, -0.05) is 24.3 Å². The fourth-order valence-corrected chi connectivity index (χ4v) is 7.62. The number of imide groups is 1. The van der Waals surface area contributed by atoms with E-state index in [1.54, 1.807) is 17.3 Å². The van der Waals surface area contributed by atoms with E-state index in [1.165, 1.54) is 17.5 Å². The summed E-state index contributed by atoms with van der Waals surface area (Å²) in [6.45, 7) is 0. The van der Waals surface area contributed by atoms with Crippen molar-refractivity contribution in [3.05, 3.63) is 72.1 Å². The Hall–Kier alpha value is -3.28. The van der Waals surface area contributed by atoms with Gasteiger partial charge in [-0.25, -0.2) is 0 Å². The molecule has 1 N–H and O–H groups in total.